The summed E-state index contributed by atoms with van der Waals surface area (Å²) in [5, 5.41) is 3.26. The van der Waals surface area contributed by atoms with E-state index >= 15 is 0 Å². The van der Waals surface area contributed by atoms with Crippen LogP contribution in [0.25, 0.3) is 0 Å². The minimum Gasteiger partial charge on any atom is -0.497 e. The molecule has 4 rings (SSSR count). The van der Waals surface area contributed by atoms with Gasteiger partial charge in [-0.15, -0.1) is 0 Å². The van der Waals surface area contributed by atoms with E-state index in [1.54, 1.807) is 19.5 Å². The predicted octanol–water partition coefficient (Wildman–Crippen LogP) is 2.81. The third-order valence-corrected chi connectivity index (χ3v) is 4.97. The first-order valence-electron chi connectivity index (χ1n) is 9.11. The molecule has 3 heterocycles. The van der Waals surface area contributed by atoms with Crippen LogP contribution in [0.15, 0.2) is 42.7 Å². The van der Waals surface area contributed by atoms with Gasteiger partial charge in [0.25, 0.3) is 5.91 Å². The highest BCUT2D eigenvalue weighted by atomic mass is 16.7. The lowest BCUT2D eigenvalue weighted by Crippen LogP contribution is -2.47. The van der Waals surface area contributed by atoms with Crippen LogP contribution in [-0.4, -0.2) is 55.0 Å². The molecule has 2 fully saturated rings. The van der Waals surface area contributed by atoms with Crippen LogP contribution < -0.4 is 10.1 Å². The van der Waals surface area contributed by atoms with E-state index in [1.807, 2.05) is 35.2 Å². The van der Waals surface area contributed by atoms with E-state index in [0.717, 1.165) is 17.1 Å². The van der Waals surface area contributed by atoms with E-state index < -0.39 is 5.79 Å². The molecule has 142 valence electrons. The highest BCUT2D eigenvalue weighted by Gasteiger charge is 2.40. The zero-order valence-corrected chi connectivity index (χ0v) is 15.3. The number of benzene rings is 1. The second-order valence-electron chi connectivity index (χ2n) is 6.72. The normalized spacial score (nSPS) is 18.5. The zero-order valence-electron chi connectivity index (χ0n) is 15.3. The second-order valence-corrected chi connectivity index (χ2v) is 6.72. The fourth-order valence-electron chi connectivity index (χ4n) is 3.51. The summed E-state index contributed by atoms with van der Waals surface area (Å²) in [5.74, 6) is 0.258. The van der Waals surface area contributed by atoms with E-state index in [1.165, 1.54) is 0 Å². The van der Waals surface area contributed by atoms with Crippen molar-refractivity contribution in [1.82, 2.24) is 9.88 Å². The van der Waals surface area contributed by atoms with E-state index in [2.05, 4.69) is 10.3 Å². The van der Waals surface area contributed by atoms with Gasteiger partial charge in [0, 0.05) is 43.9 Å². The molecule has 1 spiro atoms. The van der Waals surface area contributed by atoms with Crippen molar-refractivity contribution in [2.75, 3.05) is 38.7 Å². The van der Waals surface area contributed by atoms with Gasteiger partial charge in [-0.2, -0.15) is 0 Å². The fourth-order valence-corrected chi connectivity index (χ4v) is 3.51. The van der Waals surface area contributed by atoms with Gasteiger partial charge in [0.15, 0.2) is 5.79 Å². The topological polar surface area (TPSA) is 72.9 Å². The predicted molar refractivity (Wildman–Crippen MR) is 100 cm³/mol. The zero-order chi connectivity index (χ0) is 18.7. The molecule has 0 atom stereocenters. The van der Waals surface area contributed by atoms with Crippen LogP contribution in [0.2, 0.25) is 0 Å². The van der Waals surface area contributed by atoms with E-state index in [4.69, 9.17) is 14.2 Å². The minimum atomic E-state index is -0.481. The molecule has 1 aromatic heterocycles. The fraction of sp³-hybridized carbons (Fsp3) is 0.400. The Morgan fingerprint density at radius 1 is 1.15 bits per heavy atom. The Balaban J connectivity index is 1.43. The van der Waals surface area contributed by atoms with Gasteiger partial charge < -0.3 is 24.4 Å². The number of carbonyl (C=O) groups is 1. The van der Waals surface area contributed by atoms with Crippen molar-refractivity contribution in [2.45, 2.75) is 18.6 Å². The van der Waals surface area contributed by atoms with Crippen molar-refractivity contribution in [1.29, 1.82) is 0 Å². The lowest BCUT2D eigenvalue weighted by atomic mass is 10.0. The first-order chi connectivity index (χ1) is 13.2. The van der Waals surface area contributed by atoms with Crippen LogP contribution in [0.5, 0.6) is 5.75 Å². The average molecular weight is 369 g/mol. The van der Waals surface area contributed by atoms with E-state index in [0.29, 0.717) is 44.7 Å². The molecule has 2 aliphatic rings. The van der Waals surface area contributed by atoms with Crippen molar-refractivity contribution in [3.8, 4) is 5.75 Å². The van der Waals surface area contributed by atoms with Gasteiger partial charge >= 0.3 is 0 Å². The molecule has 7 nitrogen and oxygen atoms in total. The third kappa shape index (κ3) is 3.89. The second kappa shape index (κ2) is 7.54. The number of hydrogen-bond donors (Lipinski definition) is 1. The number of anilines is 2. The first kappa shape index (κ1) is 17.8. The Labute approximate surface area is 158 Å². The smallest absolute Gasteiger partial charge is 0.255 e. The molecule has 0 bridgehead atoms. The molecule has 0 radical (unpaired) electrons. The molecule has 1 amide bonds. The molecule has 1 aromatic carbocycles. The summed E-state index contributed by atoms with van der Waals surface area (Å²) in [5.41, 5.74) is 2.19. The summed E-state index contributed by atoms with van der Waals surface area (Å²) in [7, 11) is 1.63. The number of amides is 1. The Bertz CT molecular complexity index is 810. The number of nitrogens with zero attached hydrogens (tertiary/aromatic N) is 2. The molecule has 2 aromatic rings. The van der Waals surface area contributed by atoms with Crippen molar-refractivity contribution in [3.05, 3.63) is 48.3 Å². The Hall–Kier alpha value is -2.64. The van der Waals surface area contributed by atoms with Gasteiger partial charge in [0.2, 0.25) is 0 Å². The van der Waals surface area contributed by atoms with Crippen molar-refractivity contribution >= 4 is 17.3 Å². The number of methoxy groups -OCH3 is 1. The number of nitrogens with one attached hydrogen (secondary N) is 1. The lowest BCUT2D eigenvalue weighted by molar-refractivity contribution is -0.181. The van der Waals surface area contributed by atoms with E-state index in [-0.39, 0.29) is 5.91 Å². The average Bonchev–Trinajstić information content (AvgIpc) is 3.16. The summed E-state index contributed by atoms with van der Waals surface area (Å²) in [6.07, 6.45) is 4.70. The summed E-state index contributed by atoms with van der Waals surface area (Å²) in [6, 6.07) is 9.43. The number of hydrogen-bond acceptors (Lipinski definition) is 6. The van der Waals surface area contributed by atoms with Crippen molar-refractivity contribution < 1.29 is 19.0 Å². The standard InChI is InChI=1S/C20H23N3O4/c1-25-18-4-2-3-16(12-18)22-17-11-15(13-21-14-17)19(24)23-7-5-20(6-8-23)26-9-10-27-20/h2-4,11-14,22H,5-10H2,1H3. The molecule has 0 unspecified atom stereocenters. The largest absolute Gasteiger partial charge is 0.497 e. The number of ether oxygens (including phenoxy) is 3. The van der Waals surface area contributed by atoms with Gasteiger partial charge in [-0.3, -0.25) is 9.78 Å². The van der Waals surface area contributed by atoms with Crippen LogP contribution in [0.3, 0.4) is 0 Å². The molecular formula is C20H23N3O4. The van der Waals surface area contributed by atoms with Gasteiger partial charge in [0.1, 0.15) is 5.75 Å². The van der Waals surface area contributed by atoms with Crippen LogP contribution in [0, 0.1) is 0 Å². The molecule has 1 N–H and O–H groups in total. The number of carbonyl (C=O) groups excluding carboxylic acids is 1. The highest BCUT2D eigenvalue weighted by Crippen LogP contribution is 2.32. The van der Waals surface area contributed by atoms with Crippen LogP contribution >= 0.6 is 0 Å². The number of pyridine rings is 1. The molecule has 0 aliphatic carbocycles. The molecule has 2 saturated heterocycles. The maximum absolute atomic E-state index is 12.9. The Morgan fingerprint density at radius 3 is 2.67 bits per heavy atom. The maximum atomic E-state index is 12.9. The van der Waals surface area contributed by atoms with Crippen molar-refractivity contribution in [3.63, 3.8) is 0 Å². The molecule has 2 aliphatic heterocycles. The number of piperidine rings is 1. The number of rotatable bonds is 4. The quantitative estimate of drug-likeness (QED) is 0.893. The number of aromatic nitrogens is 1. The Kier molecular flexibility index (Phi) is 4.96. The molecule has 0 saturated carbocycles. The van der Waals surface area contributed by atoms with Crippen LogP contribution in [0.1, 0.15) is 23.2 Å². The summed E-state index contributed by atoms with van der Waals surface area (Å²) in [6.45, 7) is 2.50. The van der Waals surface area contributed by atoms with Crippen molar-refractivity contribution in [2.24, 2.45) is 0 Å². The van der Waals surface area contributed by atoms with Crippen LogP contribution in [0.4, 0.5) is 11.4 Å². The number of likely N-dealkylation sites (tertiary alicyclic amines) is 1. The van der Waals surface area contributed by atoms with Gasteiger partial charge in [-0.05, 0) is 18.2 Å². The summed E-state index contributed by atoms with van der Waals surface area (Å²) < 4.78 is 16.7. The van der Waals surface area contributed by atoms with Gasteiger partial charge in [0.05, 0.1) is 37.8 Å². The van der Waals surface area contributed by atoms with Gasteiger partial charge in [-0.25, -0.2) is 0 Å². The SMILES string of the molecule is COc1cccc(Nc2cncc(C(=O)N3CCC4(CC3)OCCO4)c2)c1. The minimum absolute atomic E-state index is 0.0235. The van der Waals surface area contributed by atoms with E-state index in [9.17, 15) is 4.79 Å². The molecule has 7 heteroatoms. The summed E-state index contributed by atoms with van der Waals surface area (Å²) >= 11 is 0. The monoisotopic (exact) mass is 369 g/mol. The third-order valence-electron chi connectivity index (χ3n) is 4.97. The summed E-state index contributed by atoms with van der Waals surface area (Å²) in [4.78, 5) is 18.9. The molecular weight excluding hydrogens is 346 g/mol. The first-order valence-corrected chi connectivity index (χ1v) is 9.11. The van der Waals surface area contributed by atoms with Gasteiger partial charge in [-0.1, -0.05) is 6.07 Å². The van der Waals surface area contributed by atoms with Crippen LogP contribution in [-0.2, 0) is 9.47 Å². The lowest BCUT2D eigenvalue weighted by Gasteiger charge is -2.37. The highest BCUT2D eigenvalue weighted by molar-refractivity contribution is 5.95. The maximum Gasteiger partial charge on any atom is 0.255 e. The molecule has 27 heavy (non-hydrogen) atoms. The Morgan fingerprint density at radius 2 is 1.93 bits per heavy atom.